The monoisotopic (exact) mass is 424 g/mol. The second-order valence-corrected chi connectivity index (χ2v) is 8.41. The number of benzene rings is 3. The molecule has 0 aliphatic rings. The van der Waals surface area contributed by atoms with Crippen LogP contribution in [-0.4, -0.2) is 20.9 Å². The van der Waals surface area contributed by atoms with Gasteiger partial charge in [-0.1, -0.05) is 36.4 Å². The van der Waals surface area contributed by atoms with Gasteiger partial charge in [0.1, 0.15) is 5.75 Å². The highest BCUT2D eigenvalue weighted by Gasteiger charge is 2.17. The summed E-state index contributed by atoms with van der Waals surface area (Å²) in [6.45, 7) is 4.57. The Bertz CT molecular complexity index is 1140. The van der Waals surface area contributed by atoms with Crippen LogP contribution in [0.1, 0.15) is 28.4 Å². The minimum Gasteiger partial charge on any atom is -0.494 e. The van der Waals surface area contributed by atoms with E-state index in [1.165, 1.54) is 12.1 Å². The van der Waals surface area contributed by atoms with Gasteiger partial charge in [-0.15, -0.1) is 0 Å². The molecule has 0 aliphatic carbocycles. The van der Waals surface area contributed by atoms with Crippen molar-refractivity contribution in [1.82, 2.24) is 5.32 Å². The Morgan fingerprint density at radius 3 is 2.50 bits per heavy atom. The number of aryl methyl sites for hydroxylation is 1. The number of hydrogen-bond acceptors (Lipinski definition) is 4. The van der Waals surface area contributed by atoms with Crippen molar-refractivity contribution in [3.8, 4) is 5.75 Å². The van der Waals surface area contributed by atoms with Crippen LogP contribution in [0.4, 0.5) is 5.69 Å². The molecule has 0 saturated carbocycles. The van der Waals surface area contributed by atoms with Crippen LogP contribution in [0.15, 0.2) is 77.7 Å². The van der Waals surface area contributed by atoms with Gasteiger partial charge in [-0.25, -0.2) is 8.42 Å². The van der Waals surface area contributed by atoms with Crippen molar-refractivity contribution in [2.45, 2.75) is 25.3 Å². The zero-order chi connectivity index (χ0) is 21.6. The van der Waals surface area contributed by atoms with Gasteiger partial charge in [0.15, 0.2) is 0 Å². The fourth-order valence-electron chi connectivity index (χ4n) is 2.95. The van der Waals surface area contributed by atoms with Gasteiger partial charge in [0.25, 0.3) is 15.9 Å². The van der Waals surface area contributed by atoms with Crippen molar-refractivity contribution in [2.24, 2.45) is 0 Å². The molecule has 3 aromatic carbocycles. The summed E-state index contributed by atoms with van der Waals surface area (Å²) < 4.78 is 33.6. The highest BCUT2D eigenvalue weighted by molar-refractivity contribution is 7.92. The number of para-hydroxylation sites is 1. The van der Waals surface area contributed by atoms with Crippen LogP contribution in [0.5, 0.6) is 5.75 Å². The van der Waals surface area contributed by atoms with Crippen LogP contribution in [-0.2, 0) is 16.6 Å². The molecule has 0 aromatic heterocycles. The molecule has 0 unspecified atom stereocenters. The molecule has 0 spiro atoms. The van der Waals surface area contributed by atoms with E-state index in [0.29, 0.717) is 18.0 Å². The highest BCUT2D eigenvalue weighted by Crippen LogP contribution is 2.20. The first-order valence-electron chi connectivity index (χ1n) is 9.57. The van der Waals surface area contributed by atoms with Crippen molar-refractivity contribution < 1.29 is 17.9 Å². The molecule has 0 saturated heterocycles. The summed E-state index contributed by atoms with van der Waals surface area (Å²) in [6.07, 6.45) is 0. The maximum absolute atomic E-state index is 12.7. The molecule has 0 atom stereocenters. The molecule has 3 rings (SSSR count). The smallest absolute Gasteiger partial charge is 0.261 e. The van der Waals surface area contributed by atoms with Crippen molar-refractivity contribution in [3.63, 3.8) is 0 Å². The zero-order valence-corrected chi connectivity index (χ0v) is 17.7. The lowest BCUT2D eigenvalue weighted by Gasteiger charge is -2.12. The summed E-state index contributed by atoms with van der Waals surface area (Å²) in [5, 5.41) is 2.82. The molecule has 0 radical (unpaired) electrons. The molecule has 0 heterocycles. The van der Waals surface area contributed by atoms with E-state index in [-0.39, 0.29) is 22.9 Å². The van der Waals surface area contributed by atoms with Gasteiger partial charge in [-0.2, -0.15) is 0 Å². The molecule has 7 heteroatoms. The predicted molar refractivity (Wildman–Crippen MR) is 117 cm³/mol. The average Bonchev–Trinajstić information content (AvgIpc) is 2.73. The molecule has 0 bridgehead atoms. The topological polar surface area (TPSA) is 84.5 Å². The second-order valence-electron chi connectivity index (χ2n) is 6.73. The molecule has 6 nitrogen and oxygen atoms in total. The van der Waals surface area contributed by atoms with E-state index in [1.54, 1.807) is 30.3 Å². The normalized spacial score (nSPS) is 11.0. The Balaban J connectivity index is 1.74. The van der Waals surface area contributed by atoms with Crippen LogP contribution >= 0.6 is 0 Å². The van der Waals surface area contributed by atoms with Crippen molar-refractivity contribution in [2.75, 3.05) is 11.3 Å². The lowest BCUT2D eigenvalue weighted by Crippen LogP contribution is -2.23. The number of carbonyl (C=O) groups excluding carboxylic acids is 1. The minimum absolute atomic E-state index is 0.0198. The van der Waals surface area contributed by atoms with Crippen LogP contribution in [0.25, 0.3) is 0 Å². The summed E-state index contributed by atoms with van der Waals surface area (Å²) >= 11 is 0. The number of anilines is 1. The largest absolute Gasteiger partial charge is 0.494 e. The second kappa shape index (κ2) is 9.45. The molecule has 30 heavy (non-hydrogen) atoms. The minimum atomic E-state index is -3.82. The lowest BCUT2D eigenvalue weighted by atomic mass is 10.1. The lowest BCUT2D eigenvalue weighted by molar-refractivity contribution is 0.0950. The quantitative estimate of drug-likeness (QED) is 0.570. The standard InChI is InChI=1S/C23H24N2O4S/c1-3-29-22-13-5-4-9-19(22)16-24-23(26)18-10-7-12-21(15-18)30(27,28)25-20-11-6-8-17(2)14-20/h4-15,25H,3,16H2,1-2H3,(H,24,26). The Kier molecular flexibility index (Phi) is 6.74. The van der Waals surface area contributed by atoms with Gasteiger partial charge in [-0.3, -0.25) is 9.52 Å². The number of hydrogen-bond donors (Lipinski definition) is 2. The van der Waals surface area contributed by atoms with E-state index in [4.69, 9.17) is 4.74 Å². The number of rotatable bonds is 8. The maximum Gasteiger partial charge on any atom is 0.261 e. The van der Waals surface area contributed by atoms with Gasteiger partial charge >= 0.3 is 0 Å². The number of ether oxygens (including phenoxy) is 1. The average molecular weight is 425 g/mol. The SMILES string of the molecule is CCOc1ccccc1CNC(=O)c1cccc(S(=O)(=O)Nc2cccc(C)c2)c1. The maximum atomic E-state index is 12.7. The Labute approximate surface area is 177 Å². The predicted octanol–water partition coefficient (Wildman–Crippen LogP) is 4.12. The Hall–Kier alpha value is -3.32. The third kappa shape index (κ3) is 5.39. The van der Waals surface area contributed by atoms with E-state index in [1.807, 2.05) is 44.2 Å². The van der Waals surface area contributed by atoms with Gasteiger partial charge in [-0.05, 0) is 55.8 Å². The fraction of sp³-hybridized carbons (Fsp3) is 0.174. The summed E-state index contributed by atoms with van der Waals surface area (Å²) in [7, 11) is -3.82. The van der Waals surface area contributed by atoms with E-state index in [0.717, 1.165) is 11.1 Å². The number of amides is 1. The third-order valence-corrected chi connectivity index (χ3v) is 5.77. The van der Waals surface area contributed by atoms with E-state index in [2.05, 4.69) is 10.0 Å². The van der Waals surface area contributed by atoms with Gasteiger partial charge in [0.05, 0.1) is 11.5 Å². The first kappa shape index (κ1) is 21.4. The van der Waals surface area contributed by atoms with Gasteiger partial charge < -0.3 is 10.1 Å². The van der Waals surface area contributed by atoms with Crippen LogP contribution in [0, 0.1) is 6.92 Å². The summed E-state index contributed by atoms with van der Waals surface area (Å²) in [5.41, 5.74) is 2.52. The van der Waals surface area contributed by atoms with Crippen LogP contribution in [0.3, 0.4) is 0 Å². The van der Waals surface area contributed by atoms with Crippen molar-refractivity contribution in [3.05, 3.63) is 89.5 Å². The van der Waals surface area contributed by atoms with Gasteiger partial charge in [0, 0.05) is 23.4 Å². The number of carbonyl (C=O) groups is 1. The van der Waals surface area contributed by atoms with E-state index in [9.17, 15) is 13.2 Å². The van der Waals surface area contributed by atoms with Crippen LogP contribution in [0.2, 0.25) is 0 Å². The Morgan fingerprint density at radius 1 is 0.967 bits per heavy atom. The van der Waals surface area contributed by atoms with E-state index < -0.39 is 10.0 Å². The molecular weight excluding hydrogens is 400 g/mol. The molecule has 156 valence electrons. The van der Waals surface area contributed by atoms with Crippen LogP contribution < -0.4 is 14.8 Å². The number of sulfonamides is 1. The molecular formula is C23H24N2O4S. The molecule has 1 amide bonds. The molecule has 0 aliphatic heterocycles. The first-order valence-corrected chi connectivity index (χ1v) is 11.1. The first-order chi connectivity index (χ1) is 14.4. The summed E-state index contributed by atoms with van der Waals surface area (Å²) in [4.78, 5) is 12.6. The molecule has 2 N–H and O–H groups in total. The fourth-order valence-corrected chi connectivity index (χ4v) is 4.05. The van der Waals surface area contributed by atoms with Gasteiger partial charge in [0.2, 0.25) is 0 Å². The Morgan fingerprint density at radius 2 is 1.73 bits per heavy atom. The third-order valence-electron chi connectivity index (χ3n) is 4.39. The molecule has 3 aromatic rings. The van der Waals surface area contributed by atoms with Crippen molar-refractivity contribution in [1.29, 1.82) is 0 Å². The molecule has 0 fully saturated rings. The van der Waals surface area contributed by atoms with E-state index >= 15 is 0 Å². The summed E-state index contributed by atoms with van der Waals surface area (Å²) in [5.74, 6) is 0.341. The summed E-state index contributed by atoms with van der Waals surface area (Å²) in [6, 6.07) is 20.5. The highest BCUT2D eigenvalue weighted by atomic mass is 32.2. The van der Waals surface area contributed by atoms with Crippen molar-refractivity contribution >= 4 is 21.6 Å². The zero-order valence-electron chi connectivity index (χ0n) is 16.9. The number of nitrogens with one attached hydrogen (secondary N) is 2.